The summed E-state index contributed by atoms with van der Waals surface area (Å²) in [5, 5.41) is 12.4. The van der Waals surface area contributed by atoms with E-state index in [1.54, 1.807) is 0 Å². The molecule has 1 heterocycles. The topological polar surface area (TPSA) is 93.5 Å². The molecule has 2 aromatic rings. The molecule has 7 nitrogen and oxygen atoms in total. The summed E-state index contributed by atoms with van der Waals surface area (Å²) in [6.45, 7) is 3.57. The number of hydrazine groups is 1. The first-order valence-electron chi connectivity index (χ1n) is 6.21. The summed E-state index contributed by atoms with van der Waals surface area (Å²) in [7, 11) is 0. The lowest BCUT2D eigenvalue weighted by Crippen LogP contribution is -2.38. The number of hydrogen-bond donors (Lipinski definition) is 2. The number of nitrogens with one attached hydrogen (secondary N) is 2. The number of thiophene rings is 1. The number of non-ortho nitro benzene ring substituents is 1. The van der Waals surface area contributed by atoms with Gasteiger partial charge in [-0.15, -0.1) is 11.3 Å². The predicted octanol–water partition coefficient (Wildman–Crippen LogP) is 2.33. The fraction of sp³-hybridized carbons (Fsp3) is 0.0714. The summed E-state index contributed by atoms with van der Waals surface area (Å²) < 4.78 is 5.22. The summed E-state index contributed by atoms with van der Waals surface area (Å²) in [5.41, 5.74) is 5.69. The van der Waals surface area contributed by atoms with Crippen LogP contribution in [0.5, 0.6) is 5.75 Å². The third-order valence-electron chi connectivity index (χ3n) is 2.59. The Morgan fingerprint density at radius 1 is 1.27 bits per heavy atom. The normalized spacial score (nSPS) is 9.82. The SMILES string of the molecule is C=C(NNC(=O)COc1ccc([N+](=O)[O-])cc1)c1cccs1. The van der Waals surface area contributed by atoms with Gasteiger partial charge in [0, 0.05) is 12.1 Å². The molecule has 0 bridgehead atoms. The number of hydrogen-bond acceptors (Lipinski definition) is 6. The highest BCUT2D eigenvalue weighted by molar-refractivity contribution is 7.11. The number of rotatable bonds is 7. The smallest absolute Gasteiger partial charge is 0.276 e. The Balaban J connectivity index is 1.75. The van der Waals surface area contributed by atoms with Gasteiger partial charge in [-0.1, -0.05) is 12.6 Å². The van der Waals surface area contributed by atoms with Gasteiger partial charge in [-0.2, -0.15) is 0 Å². The molecule has 0 atom stereocenters. The van der Waals surface area contributed by atoms with Crippen molar-refractivity contribution in [1.29, 1.82) is 0 Å². The second-order valence-corrected chi connectivity index (χ2v) is 5.12. The Labute approximate surface area is 130 Å². The summed E-state index contributed by atoms with van der Waals surface area (Å²) in [4.78, 5) is 22.5. The van der Waals surface area contributed by atoms with Crippen molar-refractivity contribution in [3.05, 3.63) is 63.3 Å². The van der Waals surface area contributed by atoms with E-state index in [1.165, 1.54) is 35.6 Å². The largest absolute Gasteiger partial charge is 0.484 e. The molecule has 114 valence electrons. The molecule has 0 aliphatic heterocycles. The van der Waals surface area contributed by atoms with E-state index in [-0.39, 0.29) is 12.3 Å². The number of carbonyl (C=O) groups excluding carboxylic acids is 1. The van der Waals surface area contributed by atoms with Gasteiger partial charge in [0.15, 0.2) is 6.61 Å². The first kappa shape index (κ1) is 15.5. The molecule has 0 fully saturated rings. The Bertz CT molecular complexity index is 668. The molecule has 0 spiro atoms. The van der Waals surface area contributed by atoms with Gasteiger partial charge in [0.2, 0.25) is 0 Å². The number of nitro benzene ring substituents is 1. The van der Waals surface area contributed by atoms with Gasteiger partial charge in [0.05, 0.1) is 15.5 Å². The van der Waals surface area contributed by atoms with E-state index in [2.05, 4.69) is 17.4 Å². The van der Waals surface area contributed by atoms with Crippen molar-refractivity contribution in [1.82, 2.24) is 10.9 Å². The zero-order chi connectivity index (χ0) is 15.9. The Hall–Kier alpha value is -2.87. The maximum absolute atomic E-state index is 11.6. The van der Waals surface area contributed by atoms with E-state index >= 15 is 0 Å². The van der Waals surface area contributed by atoms with Crippen molar-refractivity contribution >= 4 is 28.6 Å². The van der Waals surface area contributed by atoms with Crippen LogP contribution in [0.4, 0.5) is 5.69 Å². The molecular formula is C14H13N3O4S. The molecule has 2 rings (SSSR count). The minimum absolute atomic E-state index is 0.0364. The van der Waals surface area contributed by atoms with Gasteiger partial charge in [-0.3, -0.25) is 25.8 Å². The molecule has 0 unspecified atom stereocenters. The van der Waals surface area contributed by atoms with Crippen LogP contribution in [0.2, 0.25) is 0 Å². The van der Waals surface area contributed by atoms with Crippen LogP contribution >= 0.6 is 11.3 Å². The van der Waals surface area contributed by atoms with E-state index < -0.39 is 10.8 Å². The summed E-state index contributed by atoms with van der Waals surface area (Å²) >= 11 is 1.50. The Kier molecular flexibility index (Phi) is 5.10. The monoisotopic (exact) mass is 319 g/mol. The van der Waals surface area contributed by atoms with Crippen molar-refractivity contribution in [3.63, 3.8) is 0 Å². The number of benzene rings is 1. The third kappa shape index (κ3) is 4.32. The number of carbonyl (C=O) groups is 1. The fourth-order valence-corrected chi connectivity index (χ4v) is 2.16. The summed E-state index contributed by atoms with van der Waals surface area (Å²) in [6.07, 6.45) is 0. The van der Waals surface area contributed by atoms with Gasteiger partial charge in [-0.25, -0.2) is 0 Å². The van der Waals surface area contributed by atoms with E-state index in [9.17, 15) is 14.9 Å². The molecule has 0 aliphatic carbocycles. The Morgan fingerprint density at radius 3 is 2.59 bits per heavy atom. The molecule has 0 saturated carbocycles. The van der Waals surface area contributed by atoms with Crippen LogP contribution in [0.3, 0.4) is 0 Å². The highest BCUT2D eigenvalue weighted by atomic mass is 32.1. The van der Waals surface area contributed by atoms with Gasteiger partial charge >= 0.3 is 0 Å². The molecule has 1 aromatic carbocycles. The zero-order valence-corrected chi connectivity index (χ0v) is 12.3. The number of nitrogens with zero attached hydrogens (tertiary/aromatic N) is 1. The standard InChI is InChI=1S/C14H13N3O4S/c1-10(13-3-2-8-22-13)15-16-14(18)9-21-12-6-4-11(5-7-12)17(19)20/h2-8,15H,1,9H2,(H,16,18). The minimum atomic E-state index is -0.503. The molecule has 22 heavy (non-hydrogen) atoms. The average molecular weight is 319 g/mol. The molecule has 1 amide bonds. The van der Waals surface area contributed by atoms with Crippen molar-refractivity contribution in [2.45, 2.75) is 0 Å². The number of ether oxygens (including phenoxy) is 1. The fourth-order valence-electron chi connectivity index (χ4n) is 1.51. The molecule has 0 saturated heterocycles. The second-order valence-electron chi connectivity index (χ2n) is 4.17. The lowest BCUT2D eigenvalue weighted by molar-refractivity contribution is -0.384. The van der Waals surface area contributed by atoms with Gasteiger partial charge < -0.3 is 4.74 Å². The van der Waals surface area contributed by atoms with Crippen molar-refractivity contribution in [2.24, 2.45) is 0 Å². The highest BCUT2D eigenvalue weighted by Crippen LogP contribution is 2.17. The van der Waals surface area contributed by atoms with Crippen LogP contribution < -0.4 is 15.6 Å². The molecule has 0 aliphatic rings. The average Bonchev–Trinajstić information content (AvgIpc) is 3.05. The lowest BCUT2D eigenvalue weighted by Gasteiger charge is -2.10. The van der Waals surface area contributed by atoms with Crippen LogP contribution in [-0.2, 0) is 4.79 Å². The molecule has 0 radical (unpaired) electrons. The van der Waals surface area contributed by atoms with Crippen LogP contribution in [-0.4, -0.2) is 17.4 Å². The molecule has 1 aromatic heterocycles. The maximum atomic E-state index is 11.6. The summed E-state index contributed by atoms with van der Waals surface area (Å²) in [5.74, 6) is -0.0195. The van der Waals surface area contributed by atoms with Crippen molar-refractivity contribution in [3.8, 4) is 5.75 Å². The Morgan fingerprint density at radius 2 is 2.00 bits per heavy atom. The zero-order valence-electron chi connectivity index (χ0n) is 11.4. The molecular weight excluding hydrogens is 306 g/mol. The molecule has 8 heteroatoms. The quantitative estimate of drug-likeness (QED) is 0.603. The molecule has 2 N–H and O–H groups in total. The van der Waals surface area contributed by atoms with Crippen molar-refractivity contribution < 1.29 is 14.5 Å². The maximum Gasteiger partial charge on any atom is 0.276 e. The van der Waals surface area contributed by atoms with Crippen LogP contribution in [0.25, 0.3) is 5.70 Å². The first-order valence-corrected chi connectivity index (χ1v) is 7.09. The summed E-state index contributed by atoms with van der Waals surface area (Å²) in [6, 6.07) is 9.24. The first-order chi connectivity index (χ1) is 10.6. The second kappa shape index (κ2) is 7.23. The highest BCUT2D eigenvalue weighted by Gasteiger charge is 2.07. The van der Waals surface area contributed by atoms with E-state index in [0.717, 1.165) is 4.88 Å². The van der Waals surface area contributed by atoms with E-state index in [4.69, 9.17) is 4.74 Å². The number of nitro groups is 1. The van der Waals surface area contributed by atoms with E-state index in [0.29, 0.717) is 11.4 Å². The van der Waals surface area contributed by atoms with Crippen LogP contribution in [0.1, 0.15) is 4.88 Å². The van der Waals surface area contributed by atoms with Gasteiger partial charge in [-0.05, 0) is 23.6 Å². The predicted molar refractivity (Wildman–Crippen MR) is 83.2 cm³/mol. The van der Waals surface area contributed by atoms with Crippen molar-refractivity contribution in [2.75, 3.05) is 6.61 Å². The minimum Gasteiger partial charge on any atom is -0.484 e. The number of amides is 1. The third-order valence-corrected chi connectivity index (χ3v) is 3.52. The van der Waals surface area contributed by atoms with Crippen LogP contribution in [0, 0.1) is 10.1 Å². The van der Waals surface area contributed by atoms with Gasteiger partial charge in [0.25, 0.3) is 11.6 Å². The lowest BCUT2D eigenvalue weighted by atomic mass is 10.3. The van der Waals surface area contributed by atoms with E-state index in [1.807, 2.05) is 17.5 Å². The van der Waals surface area contributed by atoms with Gasteiger partial charge in [0.1, 0.15) is 5.75 Å². The van der Waals surface area contributed by atoms with Crippen LogP contribution in [0.15, 0.2) is 48.4 Å².